The number of nitrogens with zero attached hydrogens (tertiary/aromatic N) is 2. The van der Waals surface area contributed by atoms with Gasteiger partial charge in [-0.15, -0.1) is 0 Å². The Balaban J connectivity index is 2.00. The summed E-state index contributed by atoms with van der Waals surface area (Å²) >= 11 is 0. The van der Waals surface area contributed by atoms with Gasteiger partial charge >= 0.3 is 0 Å². The Labute approximate surface area is 130 Å². The quantitative estimate of drug-likeness (QED) is 0.769. The SMILES string of the molecule is CCCNCc1cnccc1N(C)C1CCC(CC)CC1. The summed E-state index contributed by atoms with van der Waals surface area (Å²) in [6.07, 6.45) is 11.9. The maximum Gasteiger partial charge on any atom is 0.0442 e. The summed E-state index contributed by atoms with van der Waals surface area (Å²) in [5.74, 6) is 0.956. The molecular weight excluding hydrogens is 258 g/mol. The van der Waals surface area contributed by atoms with Crippen molar-refractivity contribution in [2.24, 2.45) is 5.92 Å². The molecule has 118 valence electrons. The Morgan fingerprint density at radius 3 is 2.67 bits per heavy atom. The van der Waals surface area contributed by atoms with E-state index in [-0.39, 0.29) is 0 Å². The average Bonchev–Trinajstić information content (AvgIpc) is 2.55. The fraction of sp³-hybridized carbons (Fsp3) is 0.722. The molecule has 0 amide bonds. The summed E-state index contributed by atoms with van der Waals surface area (Å²) in [4.78, 5) is 6.81. The van der Waals surface area contributed by atoms with Gasteiger partial charge < -0.3 is 10.2 Å². The predicted molar refractivity (Wildman–Crippen MR) is 90.7 cm³/mol. The Bertz CT molecular complexity index is 411. The zero-order chi connectivity index (χ0) is 15.1. The van der Waals surface area contributed by atoms with Crippen LogP contribution in [0.5, 0.6) is 0 Å². The van der Waals surface area contributed by atoms with Crippen molar-refractivity contribution in [2.75, 3.05) is 18.5 Å². The van der Waals surface area contributed by atoms with Gasteiger partial charge in [-0.25, -0.2) is 0 Å². The molecule has 1 heterocycles. The molecule has 0 aliphatic heterocycles. The van der Waals surface area contributed by atoms with Crippen LogP contribution in [0.3, 0.4) is 0 Å². The van der Waals surface area contributed by atoms with E-state index in [0.29, 0.717) is 6.04 Å². The van der Waals surface area contributed by atoms with Gasteiger partial charge in [0.2, 0.25) is 0 Å². The molecule has 1 aromatic rings. The first-order valence-corrected chi connectivity index (χ1v) is 8.62. The van der Waals surface area contributed by atoms with E-state index in [1.54, 1.807) is 0 Å². The lowest BCUT2D eigenvalue weighted by atomic mass is 9.84. The first-order chi connectivity index (χ1) is 10.3. The Hall–Kier alpha value is -1.09. The van der Waals surface area contributed by atoms with Crippen molar-refractivity contribution in [2.45, 2.75) is 65.0 Å². The molecule has 3 nitrogen and oxygen atoms in total. The highest BCUT2D eigenvalue weighted by Crippen LogP contribution is 2.32. The minimum absolute atomic E-state index is 0.695. The predicted octanol–water partition coefficient (Wildman–Crippen LogP) is 3.99. The zero-order valence-corrected chi connectivity index (χ0v) is 13.9. The van der Waals surface area contributed by atoms with Crippen molar-refractivity contribution in [1.29, 1.82) is 0 Å². The number of nitrogens with one attached hydrogen (secondary N) is 1. The number of anilines is 1. The smallest absolute Gasteiger partial charge is 0.0442 e. The highest BCUT2D eigenvalue weighted by atomic mass is 15.1. The number of hydrogen-bond donors (Lipinski definition) is 1. The second kappa shape index (κ2) is 8.38. The standard InChI is InChI=1S/C18H31N3/c1-4-11-19-13-16-14-20-12-10-18(16)21(3)17-8-6-15(5-2)7-9-17/h10,12,14-15,17,19H,4-9,11,13H2,1-3H3. The molecule has 21 heavy (non-hydrogen) atoms. The van der Waals surface area contributed by atoms with Gasteiger partial charge in [0.15, 0.2) is 0 Å². The van der Waals surface area contributed by atoms with Gasteiger partial charge in [-0.3, -0.25) is 4.98 Å². The van der Waals surface area contributed by atoms with Crippen LogP contribution in [0.2, 0.25) is 0 Å². The fourth-order valence-electron chi connectivity index (χ4n) is 3.44. The van der Waals surface area contributed by atoms with E-state index in [0.717, 1.165) is 19.0 Å². The van der Waals surface area contributed by atoms with Crippen LogP contribution in [0.25, 0.3) is 0 Å². The molecule has 1 N–H and O–H groups in total. The Morgan fingerprint density at radius 1 is 1.24 bits per heavy atom. The number of rotatable bonds is 7. The normalized spacial score (nSPS) is 22.2. The number of pyridine rings is 1. The first kappa shape index (κ1) is 16.3. The van der Waals surface area contributed by atoms with Crippen LogP contribution in [0.1, 0.15) is 57.9 Å². The van der Waals surface area contributed by atoms with E-state index in [2.05, 4.69) is 42.2 Å². The van der Waals surface area contributed by atoms with Crippen LogP contribution >= 0.6 is 0 Å². The summed E-state index contributed by atoms with van der Waals surface area (Å²) in [6, 6.07) is 2.87. The van der Waals surface area contributed by atoms with Gasteiger partial charge in [0.1, 0.15) is 0 Å². The van der Waals surface area contributed by atoms with Crippen molar-refractivity contribution in [3.63, 3.8) is 0 Å². The average molecular weight is 289 g/mol. The summed E-state index contributed by atoms with van der Waals surface area (Å²) in [5, 5.41) is 3.50. The molecule has 3 heteroatoms. The van der Waals surface area contributed by atoms with Gasteiger partial charge in [0.25, 0.3) is 0 Å². The van der Waals surface area contributed by atoms with Gasteiger partial charge in [0.05, 0.1) is 0 Å². The largest absolute Gasteiger partial charge is 0.371 e. The molecule has 0 bridgehead atoms. The van der Waals surface area contributed by atoms with Crippen LogP contribution in [0.15, 0.2) is 18.5 Å². The van der Waals surface area contributed by atoms with Crippen molar-refractivity contribution >= 4 is 5.69 Å². The van der Waals surface area contributed by atoms with Crippen molar-refractivity contribution in [3.05, 3.63) is 24.0 Å². The minimum atomic E-state index is 0.695. The zero-order valence-electron chi connectivity index (χ0n) is 13.9. The van der Waals surface area contributed by atoms with Crippen LogP contribution in [-0.4, -0.2) is 24.6 Å². The highest BCUT2D eigenvalue weighted by Gasteiger charge is 2.24. The summed E-state index contributed by atoms with van der Waals surface area (Å²) in [5.41, 5.74) is 2.68. The van der Waals surface area contributed by atoms with Crippen LogP contribution in [0, 0.1) is 5.92 Å². The van der Waals surface area contributed by atoms with E-state index in [1.807, 2.05) is 12.4 Å². The van der Waals surface area contributed by atoms with Crippen molar-refractivity contribution < 1.29 is 0 Å². The second-order valence-electron chi connectivity index (χ2n) is 6.37. The molecular formula is C18H31N3. The van der Waals surface area contributed by atoms with Crippen LogP contribution < -0.4 is 10.2 Å². The highest BCUT2D eigenvalue weighted by molar-refractivity contribution is 5.52. The molecule has 1 saturated carbocycles. The fourth-order valence-corrected chi connectivity index (χ4v) is 3.44. The number of aromatic nitrogens is 1. The molecule has 1 fully saturated rings. The third-order valence-electron chi connectivity index (χ3n) is 4.94. The van der Waals surface area contributed by atoms with Crippen molar-refractivity contribution in [3.8, 4) is 0 Å². The van der Waals surface area contributed by atoms with E-state index in [4.69, 9.17) is 0 Å². The lowest BCUT2D eigenvalue weighted by molar-refractivity contribution is 0.313. The molecule has 0 atom stereocenters. The van der Waals surface area contributed by atoms with E-state index >= 15 is 0 Å². The molecule has 1 aliphatic rings. The third-order valence-corrected chi connectivity index (χ3v) is 4.94. The second-order valence-corrected chi connectivity index (χ2v) is 6.37. The van der Waals surface area contributed by atoms with Crippen LogP contribution in [-0.2, 0) is 6.54 Å². The van der Waals surface area contributed by atoms with Crippen LogP contribution in [0.4, 0.5) is 5.69 Å². The molecule has 0 radical (unpaired) electrons. The van der Waals surface area contributed by atoms with Gasteiger partial charge in [-0.1, -0.05) is 20.3 Å². The molecule has 0 spiro atoms. The maximum atomic E-state index is 4.31. The molecule has 1 aromatic heterocycles. The lowest BCUT2D eigenvalue weighted by Gasteiger charge is -2.36. The van der Waals surface area contributed by atoms with Crippen molar-refractivity contribution in [1.82, 2.24) is 10.3 Å². The molecule has 0 aromatic carbocycles. The molecule has 1 aliphatic carbocycles. The monoisotopic (exact) mass is 289 g/mol. The number of hydrogen-bond acceptors (Lipinski definition) is 3. The first-order valence-electron chi connectivity index (χ1n) is 8.62. The Kier molecular flexibility index (Phi) is 6.50. The minimum Gasteiger partial charge on any atom is -0.371 e. The maximum absolute atomic E-state index is 4.31. The van der Waals surface area contributed by atoms with Gasteiger partial charge in [-0.2, -0.15) is 0 Å². The molecule has 0 saturated heterocycles. The lowest BCUT2D eigenvalue weighted by Crippen LogP contribution is -2.36. The molecule has 2 rings (SSSR count). The Morgan fingerprint density at radius 2 is 2.00 bits per heavy atom. The van der Waals surface area contributed by atoms with Gasteiger partial charge in [0, 0.05) is 43.3 Å². The van der Waals surface area contributed by atoms with Gasteiger partial charge in [-0.05, 0) is 50.6 Å². The van der Waals surface area contributed by atoms with E-state index < -0.39 is 0 Å². The van der Waals surface area contributed by atoms with E-state index in [1.165, 1.54) is 49.8 Å². The summed E-state index contributed by atoms with van der Waals surface area (Å²) in [7, 11) is 2.26. The topological polar surface area (TPSA) is 28.2 Å². The summed E-state index contributed by atoms with van der Waals surface area (Å²) in [6.45, 7) is 6.52. The third kappa shape index (κ3) is 4.44. The van der Waals surface area contributed by atoms with E-state index in [9.17, 15) is 0 Å². The molecule has 0 unspecified atom stereocenters. The summed E-state index contributed by atoms with van der Waals surface area (Å²) < 4.78 is 0.